The van der Waals surface area contributed by atoms with Gasteiger partial charge in [-0.25, -0.2) is 4.79 Å². The Hall–Kier alpha value is -0.760. The van der Waals surface area contributed by atoms with Crippen molar-refractivity contribution in [2.75, 3.05) is 25.9 Å². The molecule has 0 spiro atoms. The molecule has 6 nitrogen and oxygen atoms in total. The van der Waals surface area contributed by atoms with Gasteiger partial charge in [0.05, 0.1) is 25.9 Å². The van der Waals surface area contributed by atoms with Gasteiger partial charge in [0.15, 0.2) is 0 Å². The lowest BCUT2D eigenvalue weighted by molar-refractivity contribution is -0.830. The van der Waals surface area contributed by atoms with Crippen molar-refractivity contribution >= 4 is 16.0 Å². The average molecular weight is 253 g/mol. The van der Waals surface area contributed by atoms with E-state index in [2.05, 4.69) is 6.58 Å². The molecule has 16 heavy (non-hydrogen) atoms. The van der Waals surface area contributed by atoms with Crippen LogP contribution in [0.15, 0.2) is 12.7 Å². The number of likely N-dealkylation sites (N-methyl/N-ethyl adjacent to an activating group) is 1. The first-order chi connectivity index (χ1) is 6.75. The lowest BCUT2D eigenvalue weighted by Crippen LogP contribution is -2.49. The Labute approximate surface area is 96.2 Å². The monoisotopic (exact) mass is 253 g/mol. The van der Waals surface area contributed by atoms with Gasteiger partial charge < -0.3 is 5.48 Å². The second-order valence-corrected chi connectivity index (χ2v) is 5.19. The second kappa shape index (κ2) is 6.74. The summed E-state index contributed by atoms with van der Waals surface area (Å²) in [5.41, 5.74) is 0. The molecule has 1 unspecified atom stereocenters. The van der Waals surface area contributed by atoms with Gasteiger partial charge in [0.25, 0.3) is 10.1 Å². The fraction of sp³-hybridized carbons (Fsp3) is 0.667. The van der Waals surface area contributed by atoms with Crippen LogP contribution in [-0.2, 0) is 14.9 Å². The van der Waals surface area contributed by atoms with Crippen molar-refractivity contribution < 1.29 is 27.7 Å². The summed E-state index contributed by atoms with van der Waals surface area (Å²) in [4.78, 5) is 11.5. The number of carbonyl (C=O) groups is 1. The van der Waals surface area contributed by atoms with Crippen LogP contribution in [-0.4, -0.2) is 54.7 Å². The normalized spacial score (nSPS) is 14.7. The maximum absolute atomic E-state index is 11.5. The van der Waals surface area contributed by atoms with Crippen LogP contribution in [0.4, 0.5) is 0 Å². The number of amides is 1. The SMILES string of the molecule is C=CC(=O)[N+](C)(CC)CCCS(=O)(=O)O.[OH-]. The molecule has 7 heteroatoms. The van der Waals surface area contributed by atoms with Gasteiger partial charge in [0, 0.05) is 12.5 Å². The van der Waals surface area contributed by atoms with Crippen LogP contribution in [0.3, 0.4) is 0 Å². The summed E-state index contributed by atoms with van der Waals surface area (Å²) in [5, 5.41) is 0. The Balaban J connectivity index is 0. The van der Waals surface area contributed by atoms with Gasteiger partial charge in [-0.05, 0) is 6.92 Å². The Morgan fingerprint density at radius 3 is 2.31 bits per heavy atom. The molecule has 0 aromatic heterocycles. The van der Waals surface area contributed by atoms with Crippen LogP contribution in [0.1, 0.15) is 13.3 Å². The van der Waals surface area contributed by atoms with E-state index in [9.17, 15) is 13.2 Å². The maximum Gasteiger partial charge on any atom is 0.337 e. The predicted molar refractivity (Wildman–Crippen MR) is 59.8 cm³/mol. The number of carbonyl (C=O) groups excluding carboxylic acids is 1. The van der Waals surface area contributed by atoms with E-state index < -0.39 is 10.1 Å². The quantitative estimate of drug-likeness (QED) is 0.416. The minimum Gasteiger partial charge on any atom is -0.870 e. The van der Waals surface area contributed by atoms with E-state index in [4.69, 9.17) is 4.55 Å². The van der Waals surface area contributed by atoms with E-state index >= 15 is 0 Å². The number of hydrogen-bond acceptors (Lipinski definition) is 4. The Morgan fingerprint density at radius 2 is 2.00 bits per heavy atom. The molecule has 0 aliphatic carbocycles. The number of quaternary nitrogens is 1. The maximum atomic E-state index is 11.5. The first kappa shape index (κ1) is 17.6. The van der Waals surface area contributed by atoms with Gasteiger partial charge in [-0.15, -0.1) is 0 Å². The summed E-state index contributed by atoms with van der Waals surface area (Å²) in [5.74, 6) is -0.460. The summed E-state index contributed by atoms with van der Waals surface area (Å²) in [6.07, 6.45) is 1.49. The summed E-state index contributed by atoms with van der Waals surface area (Å²) >= 11 is 0. The van der Waals surface area contributed by atoms with Crippen molar-refractivity contribution in [3.63, 3.8) is 0 Å². The van der Waals surface area contributed by atoms with Crippen LogP contribution >= 0.6 is 0 Å². The number of nitrogens with zero attached hydrogens (tertiary/aromatic N) is 1. The number of rotatable bonds is 6. The Kier molecular flexibility index (Phi) is 7.43. The zero-order chi connectivity index (χ0) is 12.1. The molecule has 0 aliphatic heterocycles. The zero-order valence-corrected chi connectivity index (χ0v) is 10.4. The second-order valence-electron chi connectivity index (χ2n) is 3.62. The fourth-order valence-corrected chi connectivity index (χ4v) is 1.73. The van der Waals surface area contributed by atoms with Crippen LogP contribution in [0.25, 0.3) is 0 Å². The van der Waals surface area contributed by atoms with Crippen molar-refractivity contribution in [1.82, 2.24) is 0 Å². The van der Waals surface area contributed by atoms with Gasteiger partial charge in [0.2, 0.25) is 0 Å². The topological polar surface area (TPSA) is 101 Å². The van der Waals surface area contributed by atoms with Crippen LogP contribution in [0, 0.1) is 0 Å². The molecule has 0 aromatic rings. The van der Waals surface area contributed by atoms with Crippen LogP contribution in [0.2, 0.25) is 0 Å². The minimum atomic E-state index is -3.93. The Morgan fingerprint density at radius 1 is 1.50 bits per heavy atom. The molecule has 0 aliphatic rings. The highest BCUT2D eigenvalue weighted by molar-refractivity contribution is 7.85. The summed E-state index contributed by atoms with van der Waals surface area (Å²) < 4.78 is 29.6. The van der Waals surface area contributed by atoms with Gasteiger partial charge in [0.1, 0.15) is 0 Å². The molecule has 0 saturated heterocycles. The highest BCUT2D eigenvalue weighted by Crippen LogP contribution is 2.06. The molecule has 0 heterocycles. The molecule has 0 rings (SSSR count). The van der Waals surface area contributed by atoms with Crippen LogP contribution in [0.5, 0.6) is 0 Å². The molecule has 0 aromatic carbocycles. The first-order valence-electron chi connectivity index (χ1n) is 4.72. The largest absolute Gasteiger partial charge is 0.870 e. The minimum absolute atomic E-state index is 0. The molecule has 1 atom stereocenters. The van der Waals surface area contributed by atoms with E-state index in [0.717, 1.165) is 0 Å². The molecule has 2 N–H and O–H groups in total. The number of hydrogen-bond donors (Lipinski definition) is 1. The van der Waals surface area contributed by atoms with Crippen molar-refractivity contribution in [1.29, 1.82) is 0 Å². The Bertz CT molecular complexity index is 338. The highest BCUT2D eigenvalue weighted by Gasteiger charge is 2.27. The third-order valence-electron chi connectivity index (χ3n) is 2.46. The fourth-order valence-electron chi connectivity index (χ4n) is 1.24. The zero-order valence-electron chi connectivity index (χ0n) is 9.59. The molecule has 0 saturated carbocycles. The molecule has 96 valence electrons. The van der Waals surface area contributed by atoms with Gasteiger partial charge in [-0.1, -0.05) is 6.58 Å². The van der Waals surface area contributed by atoms with Crippen molar-refractivity contribution in [3.8, 4) is 0 Å². The summed E-state index contributed by atoms with van der Waals surface area (Å²) in [6, 6.07) is 0. The third-order valence-corrected chi connectivity index (χ3v) is 3.26. The van der Waals surface area contributed by atoms with Crippen molar-refractivity contribution in [2.24, 2.45) is 0 Å². The highest BCUT2D eigenvalue weighted by atomic mass is 32.2. The molecule has 0 fully saturated rings. The summed E-state index contributed by atoms with van der Waals surface area (Å²) in [7, 11) is -2.22. The average Bonchev–Trinajstić information content (AvgIpc) is 2.14. The van der Waals surface area contributed by atoms with Crippen molar-refractivity contribution in [3.05, 3.63) is 12.7 Å². The van der Waals surface area contributed by atoms with Crippen molar-refractivity contribution in [2.45, 2.75) is 13.3 Å². The molecule has 0 bridgehead atoms. The molecular formula is C9H19NO5S. The van der Waals surface area contributed by atoms with E-state index in [1.807, 2.05) is 6.92 Å². The first-order valence-corrected chi connectivity index (χ1v) is 6.33. The van der Waals surface area contributed by atoms with E-state index in [0.29, 0.717) is 13.1 Å². The van der Waals surface area contributed by atoms with E-state index in [1.165, 1.54) is 6.08 Å². The lowest BCUT2D eigenvalue weighted by atomic mass is 10.3. The smallest absolute Gasteiger partial charge is 0.337 e. The standard InChI is InChI=1S/C9H17NO4S.H2O/c1-4-9(11)10(3,5-2)7-6-8-15(12,13)14;/h4H,1,5-8H2,2-3H3;1H2. The van der Waals surface area contributed by atoms with E-state index in [-0.39, 0.29) is 28.0 Å². The molecule has 0 radical (unpaired) electrons. The van der Waals surface area contributed by atoms with Crippen LogP contribution < -0.4 is 0 Å². The van der Waals surface area contributed by atoms with Gasteiger partial charge in [-0.3, -0.25) is 9.04 Å². The summed E-state index contributed by atoms with van der Waals surface area (Å²) in [6.45, 7) is 6.18. The lowest BCUT2D eigenvalue weighted by Gasteiger charge is -2.28. The van der Waals surface area contributed by atoms with E-state index in [1.54, 1.807) is 7.05 Å². The van der Waals surface area contributed by atoms with Gasteiger partial charge >= 0.3 is 5.91 Å². The molecular weight excluding hydrogens is 234 g/mol. The van der Waals surface area contributed by atoms with Gasteiger partial charge in [-0.2, -0.15) is 8.42 Å². The predicted octanol–water partition coefficient (Wildman–Crippen LogP) is 0.267. The molecule has 1 amide bonds. The third kappa shape index (κ3) is 5.96.